The Morgan fingerprint density at radius 2 is 1.75 bits per heavy atom. The van der Waals surface area contributed by atoms with Crippen molar-refractivity contribution in [3.8, 4) is 11.5 Å². The number of benzene rings is 1. The highest BCUT2D eigenvalue weighted by Gasteiger charge is 2.26. The van der Waals surface area contributed by atoms with Gasteiger partial charge in [0.2, 0.25) is 0 Å². The Kier molecular flexibility index (Phi) is 3.65. The van der Waals surface area contributed by atoms with Crippen LogP contribution in [-0.2, 0) is 5.54 Å². The van der Waals surface area contributed by atoms with Crippen LogP contribution in [0.3, 0.4) is 0 Å². The minimum Gasteiger partial charge on any atom is -0.492 e. The highest BCUT2D eigenvalue weighted by Crippen LogP contribution is 2.41. The van der Waals surface area contributed by atoms with E-state index in [0.717, 1.165) is 0 Å². The van der Waals surface area contributed by atoms with Crippen molar-refractivity contribution in [3.63, 3.8) is 0 Å². The predicted molar refractivity (Wildman–Crippen MR) is 61.7 cm³/mol. The number of nitrogens with two attached hydrogens (primary N) is 1. The SMILES string of the molecule is COc1c(C(C)(C)N)cc(Cl)c(F)c1OC. The average Bonchev–Trinajstić information content (AvgIpc) is 2.19. The summed E-state index contributed by atoms with van der Waals surface area (Å²) in [6.07, 6.45) is 0. The molecule has 0 aliphatic rings. The molecule has 0 aliphatic carbocycles. The van der Waals surface area contributed by atoms with E-state index >= 15 is 0 Å². The lowest BCUT2D eigenvalue weighted by Gasteiger charge is -2.24. The van der Waals surface area contributed by atoms with E-state index in [1.165, 1.54) is 20.3 Å². The lowest BCUT2D eigenvalue weighted by Crippen LogP contribution is -2.29. The molecule has 0 unspecified atom stereocenters. The molecule has 0 saturated heterocycles. The minimum atomic E-state index is -0.698. The van der Waals surface area contributed by atoms with Gasteiger partial charge in [-0.3, -0.25) is 0 Å². The Hall–Kier alpha value is -1.00. The Bertz CT molecular complexity index is 402. The van der Waals surface area contributed by atoms with Crippen LogP contribution in [0.1, 0.15) is 19.4 Å². The molecule has 0 saturated carbocycles. The fourth-order valence-corrected chi connectivity index (χ4v) is 1.64. The van der Waals surface area contributed by atoms with Crippen LogP contribution in [0.4, 0.5) is 4.39 Å². The third-order valence-corrected chi connectivity index (χ3v) is 2.51. The van der Waals surface area contributed by atoms with E-state index < -0.39 is 11.4 Å². The van der Waals surface area contributed by atoms with Crippen molar-refractivity contribution in [1.29, 1.82) is 0 Å². The molecule has 90 valence electrons. The van der Waals surface area contributed by atoms with Crippen molar-refractivity contribution < 1.29 is 13.9 Å². The molecule has 0 bridgehead atoms. The molecule has 0 radical (unpaired) electrons. The number of hydrogen-bond acceptors (Lipinski definition) is 3. The van der Waals surface area contributed by atoms with Gasteiger partial charge < -0.3 is 15.2 Å². The van der Waals surface area contributed by atoms with Crippen LogP contribution in [0, 0.1) is 5.82 Å². The monoisotopic (exact) mass is 247 g/mol. The van der Waals surface area contributed by atoms with Crippen LogP contribution >= 0.6 is 11.6 Å². The first-order chi connectivity index (χ1) is 7.32. The zero-order valence-corrected chi connectivity index (χ0v) is 10.5. The van der Waals surface area contributed by atoms with Gasteiger partial charge in [0.25, 0.3) is 0 Å². The molecular weight excluding hydrogens is 233 g/mol. The molecule has 0 aliphatic heterocycles. The molecule has 0 heterocycles. The highest BCUT2D eigenvalue weighted by atomic mass is 35.5. The Balaban J connectivity index is 3.57. The van der Waals surface area contributed by atoms with Gasteiger partial charge in [0.15, 0.2) is 17.3 Å². The maximum absolute atomic E-state index is 13.6. The van der Waals surface area contributed by atoms with Crippen molar-refractivity contribution in [1.82, 2.24) is 0 Å². The fraction of sp³-hybridized carbons (Fsp3) is 0.455. The molecule has 1 rings (SSSR count). The highest BCUT2D eigenvalue weighted by molar-refractivity contribution is 6.31. The van der Waals surface area contributed by atoms with Gasteiger partial charge in [0.05, 0.1) is 19.2 Å². The summed E-state index contributed by atoms with van der Waals surface area (Å²) in [5.74, 6) is -0.394. The smallest absolute Gasteiger partial charge is 0.198 e. The second-order valence-electron chi connectivity index (χ2n) is 4.01. The number of halogens is 2. The predicted octanol–water partition coefficient (Wildman–Crippen LogP) is 2.69. The molecule has 5 heteroatoms. The maximum Gasteiger partial charge on any atom is 0.198 e. The zero-order chi connectivity index (χ0) is 12.5. The third-order valence-electron chi connectivity index (χ3n) is 2.23. The Morgan fingerprint density at radius 3 is 2.12 bits per heavy atom. The molecule has 16 heavy (non-hydrogen) atoms. The summed E-state index contributed by atoms with van der Waals surface area (Å²) < 4.78 is 23.7. The minimum absolute atomic E-state index is 0.0245. The van der Waals surface area contributed by atoms with E-state index in [-0.39, 0.29) is 16.5 Å². The summed E-state index contributed by atoms with van der Waals surface area (Å²) >= 11 is 5.77. The number of rotatable bonds is 3. The van der Waals surface area contributed by atoms with Gasteiger partial charge in [-0.2, -0.15) is 0 Å². The standard InChI is InChI=1S/C11H15ClFNO2/c1-11(2,14)6-5-7(12)8(13)10(16-4)9(6)15-3/h5H,14H2,1-4H3. The van der Waals surface area contributed by atoms with Gasteiger partial charge in [-0.15, -0.1) is 0 Å². The summed E-state index contributed by atoms with van der Waals surface area (Å²) in [6.45, 7) is 3.55. The van der Waals surface area contributed by atoms with E-state index in [1.807, 2.05) is 0 Å². The van der Waals surface area contributed by atoms with Gasteiger partial charge in [-0.1, -0.05) is 11.6 Å². The van der Waals surface area contributed by atoms with Crippen molar-refractivity contribution in [3.05, 3.63) is 22.5 Å². The van der Waals surface area contributed by atoms with Crippen molar-refractivity contribution >= 4 is 11.6 Å². The first kappa shape index (κ1) is 13.1. The summed E-state index contributed by atoms with van der Waals surface area (Å²) in [5, 5.41) is -0.0359. The fourth-order valence-electron chi connectivity index (χ4n) is 1.45. The summed E-state index contributed by atoms with van der Waals surface area (Å²) in [6, 6.07) is 1.46. The quantitative estimate of drug-likeness (QED) is 0.893. The normalized spacial score (nSPS) is 11.4. The number of methoxy groups -OCH3 is 2. The van der Waals surface area contributed by atoms with Crippen LogP contribution in [0.25, 0.3) is 0 Å². The summed E-state index contributed by atoms with van der Waals surface area (Å²) in [7, 11) is 2.78. The lowest BCUT2D eigenvalue weighted by atomic mass is 9.94. The zero-order valence-electron chi connectivity index (χ0n) is 9.73. The second-order valence-corrected chi connectivity index (χ2v) is 4.42. The number of hydrogen-bond donors (Lipinski definition) is 1. The summed E-state index contributed by atoms with van der Waals surface area (Å²) in [4.78, 5) is 0. The van der Waals surface area contributed by atoms with Crippen LogP contribution < -0.4 is 15.2 Å². The van der Waals surface area contributed by atoms with Gasteiger partial charge >= 0.3 is 0 Å². The topological polar surface area (TPSA) is 44.5 Å². The molecule has 3 nitrogen and oxygen atoms in total. The molecule has 0 atom stereocenters. The van der Waals surface area contributed by atoms with Crippen LogP contribution in [0.15, 0.2) is 6.07 Å². The van der Waals surface area contributed by atoms with Gasteiger partial charge in [0, 0.05) is 11.1 Å². The molecule has 0 spiro atoms. The van der Waals surface area contributed by atoms with Gasteiger partial charge in [-0.05, 0) is 19.9 Å². The molecule has 0 amide bonds. The molecule has 2 N–H and O–H groups in total. The van der Waals surface area contributed by atoms with E-state index in [0.29, 0.717) is 5.56 Å². The number of ether oxygens (including phenoxy) is 2. The average molecular weight is 248 g/mol. The van der Waals surface area contributed by atoms with E-state index in [9.17, 15) is 4.39 Å². The maximum atomic E-state index is 13.6. The Labute approximate surface area is 99.3 Å². The van der Waals surface area contributed by atoms with Crippen LogP contribution in [-0.4, -0.2) is 14.2 Å². The third kappa shape index (κ3) is 2.23. The lowest BCUT2D eigenvalue weighted by molar-refractivity contribution is 0.328. The van der Waals surface area contributed by atoms with Gasteiger partial charge in [0.1, 0.15) is 0 Å². The first-order valence-electron chi connectivity index (χ1n) is 4.72. The van der Waals surface area contributed by atoms with Crippen LogP contribution in [0.2, 0.25) is 5.02 Å². The van der Waals surface area contributed by atoms with E-state index in [1.54, 1.807) is 13.8 Å². The van der Waals surface area contributed by atoms with E-state index in [2.05, 4.69) is 0 Å². The largest absolute Gasteiger partial charge is 0.492 e. The molecule has 1 aromatic carbocycles. The first-order valence-corrected chi connectivity index (χ1v) is 5.10. The van der Waals surface area contributed by atoms with E-state index in [4.69, 9.17) is 26.8 Å². The second kappa shape index (κ2) is 4.47. The molecule has 1 aromatic rings. The summed E-state index contributed by atoms with van der Waals surface area (Å²) in [5.41, 5.74) is 5.86. The van der Waals surface area contributed by atoms with Crippen molar-refractivity contribution in [2.45, 2.75) is 19.4 Å². The van der Waals surface area contributed by atoms with Crippen molar-refractivity contribution in [2.75, 3.05) is 14.2 Å². The van der Waals surface area contributed by atoms with Crippen LogP contribution in [0.5, 0.6) is 11.5 Å². The molecule has 0 aromatic heterocycles. The molecule has 0 fully saturated rings. The van der Waals surface area contributed by atoms with Crippen molar-refractivity contribution in [2.24, 2.45) is 5.73 Å². The molecular formula is C11H15ClFNO2. The Morgan fingerprint density at radius 1 is 1.25 bits per heavy atom. The van der Waals surface area contributed by atoms with Gasteiger partial charge in [-0.25, -0.2) is 4.39 Å².